The van der Waals surface area contributed by atoms with Gasteiger partial charge in [-0.2, -0.15) is 10.1 Å². The molecule has 0 bridgehead atoms. The minimum Gasteiger partial charge on any atom is -0.342 e. The lowest BCUT2D eigenvalue weighted by molar-refractivity contribution is -0.134. The summed E-state index contributed by atoms with van der Waals surface area (Å²) >= 11 is 5.98. The second-order valence-corrected chi connectivity index (χ2v) is 8.60. The van der Waals surface area contributed by atoms with Gasteiger partial charge in [-0.3, -0.25) is 9.48 Å². The number of hydrogen-bond acceptors (Lipinski definition) is 6. The molecule has 1 N–H and O–H groups in total. The Morgan fingerprint density at radius 3 is 2.80 bits per heavy atom. The zero-order valence-corrected chi connectivity index (χ0v) is 17.7. The number of aromatic nitrogens is 6. The molecule has 3 aromatic heterocycles. The number of aromatic amines is 1. The number of imidazole rings is 1. The average molecular weight is 429 g/mol. The summed E-state index contributed by atoms with van der Waals surface area (Å²) < 4.78 is 1.76. The molecule has 5 rings (SSSR count). The summed E-state index contributed by atoms with van der Waals surface area (Å²) in [6.07, 6.45) is 9.28. The highest BCUT2D eigenvalue weighted by Crippen LogP contribution is 2.25. The highest BCUT2D eigenvalue weighted by atomic mass is 35.5. The average Bonchev–Trinajstić information content (AvgIpc) is 3.52. The SMILES string of the molecule is C[C@H](c1nc2nc(N3CCCC(C(=O)N4CCCC4)C3)ncc2[nH]1)n1cc(Cl)cn1. The third-order valence-electron chi connectivity index (χ3n) is 6.08. The van der Waals surface area contributed by atoms with Gasteiger partial charge in [-0.25, -0.2) is 9.97 Å². The maximum absolute atomic E-state index is 12.8. The zero-order valence-electron chi connectivity index (χ0n) is 17.0. The van der Waals surface area contributed by atoms with E-state index in [1.807, 2.05) is 11.8 Å². The van der Waals surface area contributed by atoms with Crippen molar-refractivity contribution in [3.63, 3.8) is 0 Å². The molecule has 2 atom stereocenters. The molecular formula is C20H25ClN8O. The quantitative estimate of drug-likeness (QED) is 0.686. The van der Waals surface area contributed by atoms with Gasteiger partial charge in [0.2, 0.25) is 11.9 Å². The fourth-order valence-corrected chi connectivity index (χ4v) is 4.52. The van der Waals surface area contributed by atoms with E-state index in [1.165, 1.54) is 0 Å². The van der Waals surface area contributed by atoms with Crippen LogP contribution in [0.25, 0.3) is 11.2 Å². The summed E-state index contributed by atoms with van der Waals surface area (Å²) in [5.74, 6) is 1.69. The molecule has 5 heterocycles. The Bertz CT molecular complexity index is 1060. The molecule has 1 unspecified atom stereocenters. The highest BCUT2D eigenvalue weighted by molar-refractivity contribution is 6.30. The van der Waals surface area contributed by atoms with Gasteiger partial charge < -0.3 is 14.8 Å². The Labute approximate surface area is 179 Å². The number of anilines is 1. The Kier molecular flexibility index (Phi) is 5.06. The van der Waals surface area contributed by atoms with Crippen LogP contribution in [0.4, 0.5) is 5.95 Å². The molecule has 0 aromatic carbocycles. The summed E-state index contributed by atoms with van der Waals surface area (Å²) in [7, 11) is 0. The number of H-pyrrole nitrogens is 1. The first-order valence-electron chi connectivity index (χ1n) is 10.5. The van der Waals surface area contributed by atoms with Crippen molar-refractivity contribution in [2.24, 2.45) is 5.92 Å². The lowest BCUT2D eigenvalue weighted by Crippen LogP contribution is -2.44. The van der Waals surface area contributed by atoms with E-state index < -0.39 is 0 Å². The number of halogens is 1. The van der Waals surface area contributed by atoms with Crippen LogP contribution in [0.3, 0.4) is 0 Å². The van der Waals surface area contributed by atoms with Gasteiger partial charge in [-0.05, 0) is 32.6 Å². The second kappa shape index (κ2) is 7.86. The van der Waals surface area contributed by atoms with E-state index in [4.69, 9.17) is 11.6 Å². The maximum atomic E-state index is 12.8. The number of fused-ring (bicyclic) bond motifs is 1. The molecular weight excluding hydrogens is 404 g/mol. The third-order valence-corrected chi connectivity index (χ3v) is 6.27. The first-order valence-corrected chi connectivity index (χ1v) is 10.9. The topological polar surface area (TPSA) is 95.8 Å². The molecule has 2 aliphatic rings. The van der Waals surface area contributed by atoms with Crippen molar-refractivity contribution >= 4 is 34.6 Å². The van der Waals surface area contributed by atoms with E-state index in [0.29, 0.717) is 23.2 Å². The predicted octanol–water partition coefficient (Wildman–Crippen LogP) is 2.65. The number of rotatable bonds is 4. The number of nitrogens with zero attached hydrogens (tertiary/aromatic N) is 7. The fraction of sp³-hybridized carbons (Fsp3) is 0.550. The fourth-order valence-electron chi connectivity index (χ4n) is 4.38. The van der Waals surface area contributed by atoms with Gasteiger partial charge in [0, 0.05) is 32.4 Å². The lowest BCUT2D eigenvalue weighted by atomic mass is 9.97. The molecule has 0 aliphatic carbocycles. The summed E-state index contributed by atoms with van der Waals surface area (Å²) in [6, 6.07) is -0.104. The molecule has 0 radical (unpaired) electrons. The van der Waals surface area contributed by atoms with Crippen molar-refractivity contribution in [1.82, 2.24) is 34.6 Å². The van der Waals surface area contributed by atoms with Gasteiger partial charge in [-0.15, -0.1) is 0 Å². The molecule has 30 heavy (non-hydrogen) atoms. The van der Waals surface area contributed by atoms with Crippen molar-refractivity contribution in [3.8, 4) is 0 Å². The number of carbonyl (C=O) groups is 1. The molecule has 1 amide bonds. The van der Waals surface area contributed by atoms with Crippen LogP contribution in [0.15, 0.2) is 18.6 Å². The van der Waals surface area contributed by atoms with E-state index in [1.54, 1.807) is 23.3 Å². The molecule has 158 valence electrons. The Hall–Kier alpha value is -2.68. The van der Waals surface area contributed by atoms with E-state index in [0.717, 1.165) is 56.7 Å². The Morgan fingerprint density at radius 1 is 1.20 bits per heavy atom. The minimum atomic E-state index is -0.104. The Balaban J connectivity index is 1.35. The van der Waals surface area contributed by atoms with Gasteiger partial charge in [0.05, 0.1) is 23.3 Å². The van der Waals surface area contributed by atoms with Gasteiger partial charge in [0.1, 0.15) is 17.4 Å². The zero-order chi connectivity index (χ0) is 20.7. The van der Waals surface area contributed by atoms with Crippen LogP contribution in [0.5, 0.6) is 0 Å². The van der Waals surface area contributed by atoms with E-state index in [-0.39, 0.29) is 17.9 Å². The van der Waals surface area contributed by atoms with E-state index in [9.17, 15) is 4.79 Å². The van der Waals surface area contributed by atoms with Gasteiger partial charge in [0.15, 0.2) is 5.65 Å². The molecule has 2 saturated heterocycles. The number of piperidine rings is 1. The number of amides is 1. The molecule has 3 aromatic rings. The van der Waals surface area contributed by atoms with Crippen LogP contribution >= 0.6 is 11.6 Å². The molecule has 2 aliphatic heterocycles. The summed E-state index contributed by atoms with van der Waals surface area (Å²) in [6.45, 7) is 5.31. The summed E-state index contributed by atoms with van der Waals surface area (Å²) in [5.41, 5.74) is 1.40. The van der Waals surface area contributed by atoms with E-state index in [2.05, 4.69) is 29.9 Å². The number of likely N-dealkylation sites (tertiary alicyclic amines) is 1. The number of nitrogens with one attached hydrogen (secondary N) is 1. The van der Waals surface area contributed by atoms with Gasteiger partial charge in [0.25, 0.3) is 0 Å². The molecule has 9 nitrogen and oxygen atoms in total. The molecule has 0 spiro atoms. The maximum Gasteiger partial charge on any atom is 0.227 e. The van der Waals surface area contributed by atoms with Gasteiger partial charge in [-0.1, -0.05) is 11.6 Å². The number of carbonyl (C=O) groups excluding carboxylic acids is 1. The largest absolute Gasteiger partial charge is 0.342 e. The van der Waals surface area contributed by atoms with Crippen molar-refractivity contribution < 1.29 is 4.79 Å². The first-order chi connectivity index (χ1) is 14.6. The standard InChI is InChI=1S/C20H25ClN8O/c1-13(29-12-15(21)9-23-29)17-24-16-10-22-20(26-18(16)25-17)28-8-4-5-14(11-28)19(30)27-6-2-3-7-27/h9-10,12-14H,2-8,11H2,1H3,(H,22,24,25,26)/t13-,14?/m1/s1. The third kappa shape index (κ3) is 3.62. The van der Waals surface area contributed by atoms with Crippen molar-refractivity contribution in [3.05, 3.63) is 29.4 Å². The first kappa shape index (κ1) is 19.3. The second-order valence-electron chi connectivity index (χ2n) is 8.16. The smallest absolute Gasteiger partial charge is 0.227 e. The van der Waals surface area contributed by atoms with Gasteiger partial charge >= 0.3 is 0 Å². The minimum absolute atomic E-state index is 0.0236. The van der Waals surface area contributed by atoms with Crippen molar-refractivity contribution in [1.29, 1.82) is 0 Å². The lowest BCUT2D eigenvalue weighted by Gasteiger charge is -2.33. The van der Waals surface area contributed by atoms with Crippen LogP contribution in [0.2, 0.25) is 5.02 Å². The predicted molar refractivity (Wildman–Crippen MR) is 113 cm³/mol. The highest BCUT2D eigenvalue weighted by Gasteiger charge is 2.31. The summed E-state index contributed by atoms with van der Waals surface area (Å²) in [4.78, 5) is 34.1. The van der Waals surface area contributed by atoms with Crippen molar-refractivity contribution in [2.75, 3.05) is 31.1 Å². The van der Waals surface area contributed by atoms with Crippen molar-refractivity contribution in [2.45, 2.75) is 38.6 Å². The molecule has 10 heteroatoms. The molecule has 0 saturated carbocycles. The monoisotopic (exact) mass is 428 g/mol. The summed E-state index contributed by atoms with van der Waals surface area (Å²) in [5, 5.41) is 4.84. The Morgan fingerprint density at radius 2 is 2.03 bits per heavy atom. The van der Waals surface area contributed by atoms with Crippen LogP contribution in [0, 0.1) is 5.92 Å². The van der Waals surface area contributed by atoms with Crippen LogP contribution in [-0.2, 0) is 4.79 Å². The van der Waals surface area contributed by atoms with E-state index >= 15 is 0 Å². The molecule has 2 fully saturated rings. The normalized spacial score (nSPS) is 20.8. The van der Waals surface area contributed by atoms with Crippen LogP contribution < -0.4 is 4.90 Å². The number of hydrogen-bond donors (Lipinski definition) is 1. The van der Waals surface area contributed by atoms with Crippen LogP contribution in [0.1, 0.15) is 44.5 Å². The van der Waals surface area contributed by atoms with Crippen LogP contribution in [-0.4, -0.2) is 66.7 Å².